The van der Waals surface area contributed by atoms with Gasteiger partial charge in [-0.3, -0.25) is 0 Å². The number of rotatable bonds is 5. The Bertz CT molecular complexity index is 788. The van der Waals surface area contributed by atoms with Crippen molar-refractivity contribution in [3.8, 4) is 0 Å². The first-order valence-electron chi connectivity index (χ1n) is 7.17. The first kappa shape index (κ1) is 17.7. The average molecular weight is 341 g/mol. The van der Waals surface area contributed by atoms with Crippen molar-refractivity contribution < 1.29 is 24.4 Å². The number of hydrogen-bond donors (Lipinski definition) is 2. The van der Waals surface area contributed by atoms with Gasteiger partial charge in [-0.05, 0) is 29.4 Å². The van der Waals surface area contributed by atoms with Gasteiger partial charge in [-0.25, -0.2) is 9.59 Å². The number of hydrogen-bond acceptors (Lipinski definition) is 7. The van der Waals surface area contributed by atoms with Crippen LogP contribution in [0.1, 0.15) is 27.1 Å². The molecule has 0 saturated heterocycles. The second-order valence-corrected chi connectivity index (χ2v) is 4.75. The molecule has 0 saturated carbocycles. The van der Waals surface area contributed by atoms with Gasteiger partial charge in [0.1, 0.15) is 5.84 Å². The zero-order chi connectivity index (χ0) is 18.1. The Morgan fingerprint density at radius 1 is 0.920 bits per heavy atom. The predicted molar refractivity (Wildman–Crippen MR) is 89.2 cm³/mol. The lowest BCUT2D eigenvalue weighted by Gasteiger charge is -2.06. The summed E-state index contributed by atoms with van der Waals surface area (Å²) in [5.41, 5.74) is 5.93. The van der Waals surface area contributed by atoms with Crippen molar-refractivity contribution in [2.24, 2.45) is 16.0 Å². The fourth-order valence-corrected chi connectivity index (χ4v) is 1.74. The van der Waals surface area contributed by atoms with Crippen LogP contribution < -0.4 is 5.73 Å². The van der Waals surface area contributed by atoms with Gasteiger partial charge in [-0.2, -0.15) is 0 Å². The highest BCUT2D eigenvalue weighted by atomic mass is 16.7. The van der Waals surface area contributed by atoms with Crippen molar-refractivity contribution >= 4 is 23.7 Å². The molecule has 0 atom stereocenters. The SMILES string of the molecule is NC(CC(=NOC(=O)c1ccccc1)OC(=O)c1ccccc1)=NO. The normalized spacial score (nSPS) is 11.7. The molecule has 2 aromatic rings. The lowest BCUT2D eigenvalue weighted by atomic mass is 10.2. The van der Waals surface area contributed by atoms with E-state index >= 15 is 0 Å². The number of ether oxygens (including phenoxy) is 1. The summed E-state index contributed by atoms with van der Waals surface area (Å²) in [6, 6.07) is 16.3. The van der Waals surface area contributed by atoms with E-state index in [4.69, 9.17) is 20.5 Å². The van der Waals surface area contributed by atoms with Crippen LogP contribution in [0.2, 0.25) is 0 Å². The van der Waals surface area contributed by atoms with Crippen LogP contribution in [0.15, 0.2) is 71.0 Å². The first-order chi connectivity index (χ1) is 12.1. The molecule has 2 rings (SSSR count). The standard InChI is InChI=1S/C17H15N3O5/c18-14(19-23)11-15(24-16(21)12-7-3-1-4-8-12)20-25-17(22)13-9-5-2-6-10-13/h1-10,23H,11H2,(H2,18,19). The van der Waals surface area contributed by atoms with Crippen molar-refractivity contribution in [1.29, 1.82) is 0 Å². The topological polar surface area (TPSA) is 124 Å². The molecule has 2 aromatic carbocycles. The molecule has 0 bridgehead atoms. The second kappa shape index (κ2) is 8.82. The van der Waals surface area contributed by atoms with E-state index in [9.17, 15) is 9.59 Å². The molecule has 0 radical (unpaired) electrons. The Morgan fingerprint density at radius 3 is 1.96 bits per heavy atom. The zero-order valence-electron chi connectivity index (χ0n) is 13.0. The van der Waals surface area contributed by atoms with Crippen molar-refractivity contribution in [2.75, 3.05) is 0 Å². The van der Waals surface area contributed by atoms with Crippen LogP contribution in [-0.4, -0.2) is 28.9 Å². The van der Waals surface area contributed by atoms with Crippen LogP contribution >= 0.6 is 0 Å². The number of oxime groups is 2. The third-order valence-electron chi connectivity index (χ3n) is 2.92. The van der Waals surface area contributed by atoms with Crippen molar-refractivity contribution in [1.82, 2.24) is 0 Å². The largest absolute Gasteiger partial charge is 0.409 e. The van der Waals surface area contributed by atoms with Crippen molar-refractivity contribution in [3.63, 3.8) is 0 Å². The lowest BCUT2D eigenvalue weighted by molar-refractivity contribution is 0.0485. The van der Waals surface area contributed by atoms with Gasteiger partial charge in [0.15, 0.2) is 0 Å². The van der Waals surface area contributed by atoms with E-state index in [1.807, 2.05) is 0 Å². The summed E-state index contributed by atoms with van der Waals surface area (Å²) in [6.07, 6.45) is -0.322. The molecule has 0 aliphatic heterocycles. The molecule has 0 aromatic heterocycles. The molecule has 0 aliphatic carbocycles. The van der Waals surface area contributed by atoms with Crippen LogP contribution in [0.5, 0.6) is 0 Å². The Balaban J connectivity index is 2.12. The summed E-state index contributed by atoms with van der Waals surface area (Å²) in [7, 11) is 0. The highest BCUT2D eigenvalue weighted by Gasteiger charge is 2.15. The van der Waals surface area contributed by atoms with E-state index in [1.165, 1.54) is 12.1 Å². The van der Waals surface area contributed by atoms with E-state index in [2.05, 4.69) is 10.3 Å². The van der Waals surface area contributed by atoms with Crippen LogP contribution in [0.4, 0.5) is 0 Å². The molecular weight excluding hydrogens is 326 g/mol. The van der Waals surface area contributed by atoms with E-state index < -0.39 is 11.9 Å². The number of esters is 1. The molecule has 0 heterocycles. The monoisotopic (exact) mass is 341 g/mol. The minimum Gasteiger partial charge on any atom is -0.409 e. The molecule has 8 heteroatoms. The highest BCUT2D eigenvalue weighted by molar-refractivity contribution is 6.05. The maximum atomic E-state index is 12.1. The van der Waals surface area contributed by atoms with Gasteiger partial charge in [-0.1, -0.05) is 41.6 Å². The maximum Gasteiger partial charge on any atom is 0.365 e. The molecule has 3 N–H and O–H groups in total. The Kier molecular flexibility index (Phi) is 6.24. The molecule has 0 spiro atoms. The quantitative estimate of drug-likeness (QED) is 0.214. The van der Waals surface area contributed by atoms with E-state index in [0.717, 1.165) is 0 Å². The smallest absolute Gasteiger partial charge is 0.365 e. The van der Waals surface area contributed by atoms with E-state index in [0.29, 0.717) is 0 Å². The number of carbonyl (C=O) groups excluding carboxylic acids is 2. The summed E-state index contributed by atoms with van der Waals surface area (Å²) in [4.78, 5) is 28.7. The molecular formula is C17H15N3O5. The molecule has 0 unspecified atom stereocenters. The summed E-state index contributed by atoms with van der Waals surface area (Å²) in [5, 5.41) is 14.9. The Hall–Kier alpha value is -3.68. The molecule has 0 aliphatic rings. The minimum atomic E-state index is -0.742. The first-order valence-corrected chi connectivity index (χ1v) is 7.17. The van der Waals surface area contributed by atoms with E-state index in [1.54, 1.807) is 48.5 Å². The summed E-state index contributed by atoms with van der Waals surface area (Å²) >= 11 is 0. The van der Waals surface area contributed by atoms with Gasteiger partial charge >= 0.3 is 11.9 Å². The Labute approximate surface area is 143 Å². The summed E-state index contributed by atoms with van der Waals surface area (Å²) in [6.45, 7) is 0. The van der Waals surface area contributed by atoms with Gasteiger partial charge < -0.3 is 20.5 Å². The number of carbonyl (C=O) groups is 2. The third kappa shape index (κ3) is 5.47. The molecule has 0 fully saturated rings. The van der Waals surface area contributed by atoms with E-state index in [-0.39, 0.29) is 29.3 Å². The molecule has 8 nitrogen and oxygen atoms in total. The van der Waals surface area contributed by atoms with Gasteiger partial charge in [0.25, 0.3) is 0 Å². The summed E-state index contributed by atoms with van der Waals surface area (Å²) < 4.78 is 5.06. The molecule has 0 amide bonds. The number of nitrogens with two attached hydrogens (primary N) is 1. The fraction of sp³-hybridized carbons (Fsp3) is 0.0588. The second-order valence-electron chi connectivity index (χ2n) is 4.75. The van der Waals surface area contributed by atoms with Gasteiger partial charge in [0.05, 0.1) is 17.5 Å². The Morgan fingerprint density at radius 2 is 1.44 bits per heavy atom. The van der Waals surface area contributed by atoms with Crippen molar-refractivity contribution in [2.45, 2.75) is 6.42 Å². The fourth-order valence-electron chi connectivity index (χ4n) is 1.74. The average Bonchev–Trinajstić information content (AvgIpc) is 2.67. The van der Waals surface area contributed by atoms with Gasteiger partial charge in [0.2, 0.25) is 5.90 Å². The van der Waals surface area contributed by atoms with Crippen LogP contribution in [0.25, 0.3) is 0 Å². The van der Waals surface area contributed by atoms with Crippen LogP contribution in [0.3, 0.4) is 0 Å². The maximum absolute atomic E-state index is 12.1. The van der Waals surface area contributed by atoms with Crippen molar-refractivity contribution in [3.05, 3.63) is 71.8 Å². The third-order valence-corrected chi connectivity index (χ3v) is 2.92. The van der Waals surface area contributed by atoms with Crippen LogP contribution in [0, 0.1) is 0 Å². The predicted octanol–water partition coefficient (Wildman–Crippen LogP) is 2.15. The lowest BCUT2D eigenvalue weighted by Crippen LogP contribution is -2.22. The minimum absolute atomic E-state index is 0.267. The molecule has 128 valence electrons. The highest BCUT2D eigenvalue weighted by Crippen LogP contribution is 2.06. The number of amidine groups is 1. The number of benzene rings is 2. The zero-order valence-corrected chi connectivity index (χ0v) is 13.0. The summed E-state index contributed by atoms with van der Waals surface area (Å²) in [5.74, 6) is -2.06. The van der Waals surface area contributed by atoms with Gasteiger partial charge in [-0.15, -0.1) is 0 Å². The number of nitrogens with zero attached hydrogens (tertiary/aromatic N) is 2. The molecule has 25 heavy (non-hydrogen) atoms. The van der Waals surface area contributed by atoms with Gasteiger partial charge in [0, 0.05) is 0 Å². The van der Waals surface area contributed by atoms with Crippen LogP contribution in [-0.2, 0) is 9.57 Å².